The number of nitrogens with one attached hydrogen (secondary N) is 1. The maximum Gasteiger partial charge on any atom is 0.131 e. The van der Waals surface area contributed by atoms with Crippen LogP contribution >= 0.6 is 15.9 Å². The van der Waals surface area contributed by atoms with Crippen LogP contribution in [0.2, 0.25) is 0 Å². The van der Waals surface area contributed by atoms with E-state index >= 15 is 0 Å². The summed E-state index contributed by atoms with van der Waals surface area (Å²) in [5.41, 5.74) is 4.89. The molecule has 0 unspecified atom stereocenters. The minimum atomic E-state index is -0.0426. The maximum absolute atomic E-state index is 5.39. The molecule has 0 radical (unpaired) electrons. The third kappa shape index (κ3) is 1.70. The van der Waals surface area contributed by atoms with Crippen LogP contribution in [0.5, 0.6) is 0 Å². The Kier molecular flexibility index (Phi) is 2.38. The molecule has 0 saturated carbocycles. The third-order valence-corrected chi connectivity index (χ3v) is 2.96. The van der Waals surface area contributed by atoms with E-state index in [-0.39, 0.29) is 6.10 Å². The van der Waals surface area contributed by atoms with Crippen molar-refractivity contribution in [3.05, 3.63) is 52.8 Å². The van der Waals surface area contributed by atoms with Gasteiger partial charge in [-0.3, -0.25) is 15.3 Å². The molecule has 0 fully saturated rings. The van der Waals surface area contributed by atoms with Gasteiger partial charge >= 0.3 is 0 Å². The SMILES string of the molecule is BrC1=C[C@H](c2ccc3ncccc3c2)ON1. The van der Waals surface area contributed by atoms with Crippen molar-refractivity contribution >= 4 is 26.8 Å². The first-order valence-electron chi connectivity index (χ1n) is 4.96. The van der Waals surface area contributed by atoms with E-state index < -0.39 is 0 Å². The molecule has 4 heteroatoms. The average molecular weight is 277 g/mol. The summed E-state index contributed by atoms with van der Waals surface area (Å²) < 4.78 is 0.865. The Bertz CT molecular complexity index is 568. The highest BCUT2D eigenvalue weighted by atomic mass is 79.9. The zero-order valence-corrected chi connectivity index (χ0v) is 9.94. The van der Waals surface area contributed by atoms with E-state index in [0.29, 0.717) is 0 Å². The van der Waals surface area contributed by atoms with E-state index in [2.05, 4.69) is 32.5 Å². The molecule has 1 aliphatic heterocycles. The second-order valence-electron chi connectivity index (χ2n) is 3.61. The Hall–Kier alpha value is -1.39. The monoisotopic (exact) mass is 276 g/mol. The number of fused-ring (bicyclic) bond motifs is 1. The third-order valence-electron chi connectivity index (χ3n) is 2.54. The summed E-state index contributed by atoms with van der Waals surface area (Å²) in [7, 11) is 0. The van der Waals surface area contributed by atoms with Gasteiger partial charge in [0.25, 0.3) is 0 Å². The number of hydroxylamine groups is 1. The molecular weight excluding hydrogens is 268 g/mol. The number of hydrogen-bond acceptors (Lipinski definition) is 3. The molecule has 0 aliphatic carbocycles. The highest BCUT2D eigenvalue weighted by Gasteiger charge is 2.16. The van der Waals surface area contributed by atoms with Crippen LogP contribution in [0.15, 0.2) is 47.2 Å². The quantitative estimate of drug-likeness (QED) is 0.813. The molecule has 1 N–H and O–H groups in total. The van der Waals surface area contributed by atoms with E-state index in [0.717, 1.165) is 21.1 Å². The molecule has 16 heavy (non-hydrogen) atoms. The molecule has 0 saturated heterocycles. The fourth-order valence-corrected chi connectivity index (χ4v) is 2.09. The van der Waals surface area contributed by atoms with Gasteiger partial charge in [-0.05, 0) is 45.8 Å². The van der Waals surface area contributed by atoms with Crippen molar-refractivity contribution in [3.63, 3.8) is 0 Å². The van der Waals surface area contributed by atoms with Crippen molar-refractivity contribution in [2.75, 3.05) is 0 Å². The van der Waals surface area contributed by atoms with Crippen molar-refractivity contribution in [2.45, 2.75) is 6.10 Å². The van der Waals surface area contributed by atoms with Crippen molar-refractivity contribution in [1.29, 1.82) is 0 Å². The lowest BCUT2D eigenvalue weighted by molar-refractivity contribution is 0.0458. The number of benzene rings is 1. The summed E-state index contributed by atoms with van der Waals surface area (Å²) in [6.45, 7) is 0. The molecule has 1 atom stereocenters. The van der Waals surface area contributed by atoms with Crippen LogP contribution < -0.4 is 5.48 Å². The van der Waals surface area contributed by atoms with E-state index in [4.69, 9.17) is 4.84 Å². The van der Waals surface area contributed by atoms with E-state index in [1.165, 1.54) is 0 Å². The minimum absolute atomic E-state index is 0.0426. The summed E-state index contributed by atoms with van der Waals surface area (Å²) >= 11 is 3.34. The largest absolute Gasteiger partial charge is 0.263 e. The van der Waals surface area contributed by atoms with Gasteiger partial charge in [0, 0.05) is 11.6 Å². The molecule has 2 aromatic rings. The van der Waals surface area contributed by atoms with Crippen LogP contribution in [-0.4, -0.2) is 4.98 Å². The molecule has 3 nitrogen and oxygen atoms in total. The van der Waals surface area contributed by atoms with Crippen LogP contribution in [0.25, 0.3) is 10.9 Å². The van der Waals surface area contributed by atoms with E-state index in [1.807, 2.05) is 30.3 Å². The van der Waals surface area contributed by atoms with Gasteiger partial charge in [-0.1, -0.05) is 12.1 Å². The molecule has 80 valence electrons. The number of halogens is 1. The molecule has 0 bridgehead atoms. The first-order chi connectivity index (χ1) is 7.83. The summed E-state index contributed by atoms with van der Waals surface area (Å²) in [6, 6.07) is 10.1. The number of pyridine rings is 1. The predicted molar refractivity (Wildman–Crippen MR) is 65.7 cm³/mol. The standard InChI is InChI=1S/C12H9BrN2O/c13-12-7-11(16-15-12)9-3-4-10-8(6-9)2-1-5-14-10/h1-7,11,15H/t11-/m1/s1. The van der Waals surface area contributed by atoms with Crippen LogP contribution in [0.3, 0.4) is 0 Å². The molecule has 3 rings (SSSR count). The lowest BCUT2D eigenvalue weighted by Crippen LogP contribution is -2.05. The first-order valence-corrected chi connectivity index (χ1v) is 5.76. The second kappa shape index (κ2) is 3.88. The van der Waals surface area contributed by atoms with Crippen molar-refractivity contribution < 1.29 is 4.84 Å². The molecule has 0 spiro atoms. The fourth-order valence-electron chi connectivity index (χ4n) is 1.76. The minimum Gasteiger partial charge on any atom is -0.263 e. The number of nitrogens with zero attached hydrogens (tertiary/aromatic N) is 1. The fraction of sp³-hybridized carbons (Fsp3) is 0.0833. The highest BCUT2D eigenvalue weighted by Crippen LogP contribution is 2.27. The lowest BCUT2D eigenvalue weighted by atomic mass is 10.1. The Morgan fingerprint density at radius 2 is 2.25 bits per heavy atom. The molecular formula is C12H9BrN2O. The zero-order valence-electron chi connectivity index (χ0n) is 8.35. The van der Waals surface area contributed by atoms with Gasteiger partial charge in [0.2, 0.25) is 0 Å². The van der Waals surface area contributed by atoms with Crippen molar-refractivity contribution in [3.8, 4) is 0 Å². The first kappa shape index (κ1) is 9.81. The van der Waals surface area contributed by atoms with Gasteiger partial charge in [0.05, 0.1) is 5.52 Å². The van der Waals surface area contributed by atoms with E-state index in [1.54, 1.807) is 6.20 Å². The highest BCUT2D eigenvalue weighted by molar-refractivity contribution is 9.11. The lowest BCUT2D eigenvalue weighted by Gasteiger charge is -2.08. The topological polar surface area (TPSA) is 34.1 Å². The molecule has 1 aromatic heterocycles. The Morgan fingerprint density at radius 1 is 1.31 bits per heavy atom. The molecule has 0 amide bonds. The van der Waals surface area contributed by atoms with Gasteiger partial charge < -0.3 is 0 Å². The summed E-state index contributed by atoms with van der Waals surface area (Å²) in [5, 5.41) is 1.13. The van der Waals surface area contributed by atoms with Crippen molar-refractivity contribution in [2.24, 2.45) is 0 Å². The summed E-state index contributed by atoms with van der Waals surface area (Å²) in [4.78, 5) is 9.67. The number of aromatic nitrogens is 1. The van der Waals surface area contributed by atoms with E-state index in [9.17, 15) is 0 Å². The Morgan fingerprint density at radius 3 is 3.06 bits per heavy atom. The maximum atomic E-state index is 5.39. The van der Waals surface area contributed by atoms with Gasteiger partial charge in [-0.15, -0.1) is 0 Å². The number of rotatable bonds is 1. The predicted octanol–water partition coefficient (Wildman–Crippen LogP) is 3.05. The van der Waals surface area contributed by atoms with Crippen LogP contribution in [0.4, 0.5) is 0 Å². The molecule has 1 aromatic carbocycles. The van der Waals surface area contributed by atoms with Gasteiger partial charge in [-0.2, -0.15) is 0 Å². The Balaban J connectivity index is 2.05. The van der Waals surface area contributed by atoms with Crippen LogP contribution in [0, 0.1) is 0 Å². The van der Waals surface area contributed by atoms with Gasteiger partial charge in [-0.25, -0.2) is 0 Å². The van der Waals surface area contributed by atoms with Crippen LogP contribution in [0.1, 0.15) is 11.7 Å². The van der Waals surface area contributed by atoms with Crippen LogP contribution in [-0.2, 0) is 4.84 Å². The number of hydrogen-bond donors (Lipinski definition) is 1. The molecule has 2 heterocycles. The zero-order chi connectivity index (χ0) is 11.0. The average Bonchev–Trinajstić information content (AvgIpc) is 2.75. The normalized spacial score (nSPS) is 19.6. The Labute approximate surface area is 101 Å². The second-order valence-corrected chi connectivity index (χ2v) is 4.46. The summed E-state index contributed by atoms with van der Waals surface area (Å²) in [5.74, 6) is 0. The smallest absolute Gasteiger partial charge is 0.131 e. The van der Waals surface area contributed by atoms with Gasteiger partial charge in [0.15, 0.2) is 0 Å². The summed E-state index contributed by atoms with van der Waals surface area (Å²) in [6.07, 6.45) is 3.74. The van der Waals surface area contributed by atoms with Gasteiger partial charge in [0.1, 0.15) is 10.7 Å². The van der Waals surface area contributed by atoms with Crippen molar-refractivity contribution in [1.82, 2.24) is 10.5 Å². The molecule has 1 aliphatic rings.